The Labute approximate surface area is 174 Å². The van der Waals surface area contributed by atoms with Crippen LogP contribution in [0.25, 0.3) is 22.6 Å². The van der Waals surface area contributed by atoms with Crippen LogP contribution in [-0.4, -0.2) is 21.2 Å². The Kier molecular flexibility index (Phi) is 4.92. The molecular formula is C20H11Cl2N3O4. The first-order valence-corrected chi connectivity index (χ1v) is 9.04. The molecule has 0 unspecified atom stereocenters. The molecular weight excluding hydrogens is 417 g/mol. The van der Waals surface area contributed by atoms with Gasteiger partial charge in [0.15, 0.2) is 5.58 Å². The molecule has 1 aromatic heterocycles. The van der Waals surface area contributed by atoms with Crippen molar-refractivity contribution in [3.8, 4) is 17.2 Å². The second-order valence-corrected chi connectivity index (χ2v) is 6.93. The number of nitro groups is 1. The number of aromatic hydroxyl groups is 1. The smallest absolute Gasteiger partial charge is 0.312 e. The van der Waals surface area contributed by atoms with Crippen LogP contribution in [0.5, 0.6) is 5.75 Å². The van der Waals surface area contributed by atoms with Crippen molar-refractivity contribution in [1.29, 1.82) is 0 Å². The van der Waals surface area contributed by atoms with Crippen LogP contribution < -0.4 is 0 Å². The van der Waals surface area contributed by atoms with E-state index in [9.17, 15) is 15.2 Å². The van der Waals surface area contributed by atoms with Crippen LogP contribution in [0.2, 0.25) is 10.0 Å². The summed E-state index contributed by atoms with van der Waals surface area (Å²) in [5.74, 6) is -0.101. The van der Waals surface area contributed by atoms with Crippen LogP contribution in [0.3, 0.4) is 0 Å². The number of phenolic OH excluding ortho intramolecular Hbond substituents is 1. The van der Waals surface area contributed by atoms with Crippen molar-refractivity contribution in [2.45, 2.75) is 0 Å². The van der Waals surface area contributed by atoms with Crippen LogP contribution in [0.15, 0.2) is 64.0 Å². The molecule has 0 fully saturated rings. The number of phenols is 1. The van der Waals surface area contributed by atoms with Gasteiger partial charge in [-0.05, 0) is 42.5 Å². The molecule has 0 amide bonds. The maximum absolute atomic E-state index is 11.0. The van der Waals surface area contributed by atoms with Gasteiger partial charge in [0, 0.05) is 33.5 Å². The van der Waals surface area contributed by atoms with Crippen molar-refractivity contribution >= 4 is 51.9 Å². The van der Waals surface area contributed by atoms with Crippen molar-refractivity contribution in [2.24, 2.45) is 4.99 Å². The summed E-state index contributed by atoms with van der Waals surface area (Å²) in [4.78, 5) is 19.0. The maximum atomic E-state index is 11.0. The summed E-state index contributed by atoms with van der Waals surface area (Å²) >= 11 is 11.9. The third kappa shape index (κ3) is 3.91. The highest BCUT2D eigenvalue weighted by Gasteiger charge is 2.17. The molecule has 144 valence electrons. The average molecular weight is 428 g/mol. The van der Waals surface area contributed by atoms with Crippen molar-refractivity contribution in [2.75, 3.05) is 0 Å². The summed E-state index contributed by atoms with van der Waals surface area (Å²) < 4.78 is 5.75. The Morgan fingerprint density at radius 1 is 1.10 bits per heavy atom. The van der Waals surface area contributed by atoms with E-state index in [0.29, 0.717) is 33.3 Å². The van der Waals surface area contributed by atoms with Gasteiger partial charge in [0.05, 0.1) is 10.6 Å². The number of aromatic nitrogens is 1. The van der Waals surface area contributed by atoms with Gasteiger partial charge >= 0.3 is 5.69 Å². The highest BCUT2D eigenvalue weighted by molar-refractivity contribution is 6.31. The first-order chi connectivity index (χ1) is 13.9. The minimum atomic E-state index is -0.710. The number of halogens is 2. The van der Waals surface area contributed by atoms with E-state index in [4.69, 9.17) is 27.6 Å². The zero-order valence-electron chi connectivity index (χ0n) is 14.5. The molecule has 0 aliphatic carbocycles. The van der Waals surface area contributed by atoms with E-state index in [-0.39, 0.29) is 10.6 Å². The van der Waals surface area contributed by atoms with E-state index < -0.39 is 16.4 Å². The lowest BCUT2D eigenvalue weighted by Gasteiger charge is -2.02. The lowest BCUT2D eigenvalue weighted by Crippen LogP contribution is -1.92. The quantitative estimate of drug-likeness (QED) is 0.238. The van der Waals surface area contributed by atoms with E-state index >= 15 is 0 Å². The summed E-state index contributed by atoms with van der Waals surface area (Å²) in [5, 5.41) is 21.8. The van der Waals surface area contributed by atoms with Crippen LogP contribution >= 0.6 is 23.2 Å². The first-order valence-electron chi connectivity index (χ1n) is 8.28. The Morgan fingerprint density at radius 2 is 1.93 bits per heavy atom. The molecule has 1 heterocycles. The minimum absolute atomic E-state index is 0.120. The fourth-order valence-electron chi connectivity index (χ4n) is 2.73. The highest BCUT2D eigenvalue weighted by atomic mass is 35.5. The molecule has 1 N–H and O–H groups in total. The monoisotopic (exact) mass is 427 g/mol. The van der Waals surface area contributed by atoms with E-state index in [1.165, 1.54) is 12.3 Å². The van der Waals surface area contributed by atoms with Gasteiger partial charge in [-0.2, -0.15) is 0 Å². The van der Waals surface area contributed by atoms with Crippen LogP contribution in [-0.2, 0) is 0 Å². The Morgan fingerprint density at radius 3 is 2.72 bits per heavy atom. The van der Waals surface area contributed by atoms with E-state index in [1.807, 2.05) is 6.07 Å². The van der Waals surface area contributed by atoms with Crippen molar-refractivity contribution in [3.05, 3.63) is 80.3 Å². The lowest BCUT2D eigenvalue weighted by atomic mass is 10.1. The second kappa shape index (κ2) is 7.54. The summed E-state index contributed by atoms with van der Waals surface area (Å²) in [6, 6.07) is 14.7. The molecule has 4 rings (SSSR count). The van der Waals surface area contributed by atoms with Gasteiger partial charge in [-0.3, -0.25) is 15.1 Å². The fraction of sp³-hybridized carbons (Fsp3) is 0. The second-order valence-electron chi connectivity index (χ2n) is 6.06. The first kappa shape index (κ1) is 18.9. The highest BCUT2D eigenvalue weighted by Crippen LogP contribution is 2.33. The number of rotatable bonds is 4. The zero-order chi connectivity index (χ0) is 20.5. The molecule has 0 aliphatic heterocycles. The number of oxazole rings is 1. The molecule has 7 nitrogen and oxygen atoms in total. The molecule has 0 atom stereocenters. The number of fused-ring (bicyclic) bond motifs is 1. The molecule has 0 aliphatic rings. The predicted octanol–water partition coefficient (Wildman–Crippen LogP) is 6.17. The largest absolute Gasteiger partial charge is 0.502 e. The lowest BCUT2D eigenvalue weighted by molar-refractivity contribution is -0.385. The van der Waals surface area contributed by atoms with Crippen molar-refractivity contribution in [1.82, 2.24) is 4.98 Å². The normalized spacial score (nSPS) is 11.4. The van der Waals surface area contributed by atoms with Gasteiger partial charge in [-0.25, -0.2) is 4.98 Å². The number of hydrogen-bond donors (Lipinski definition) is 1. The van der Waals surface area contributed by atoms with Gasteiger partial charge < -0.3 is 9.52 Å². The van der Waals surface area contributed by atoms with Gasteiger partial charge in [0.2, 0.25) is 11.6 Å². The van der Waals surface area contributed by atoms with Crippen LogP contribution in [0.1, 0.15) is 5.56 Å². The summed E-state index contributed by atoms with van der Waals surface area (Å²) in [6.07, 6.45) is 1.30. The average Bonchev–Trinajstić information content (AvgIpc) is 3.11. The molecule has 3 aromatic carbocycles. The Hall–Kier alpha value is -3.42. The van der Waals surface area contributed by atoms with Crippen LogP contribution in [0, 0.1) is 10.1 Å². The molecule has 29 heavy (non-hydrogen) atoms. The Balaban J connectivity index is 1.68. The molecule has 4 aromatic rings. The Bertz CT molecular complexity index is 1280. The van der Waals surface area contributed by atoms with E-state index in [0.717, 1.165) is 6.07 Å². The molecule has 0 radical (unpaired) electrons. The third-order valence-electron chi connectivity index (χ3n) is 4.08. The minimum Gasteiger partial charge on any atom is -0.502 e. The van der Waals surface area contributed by atoms with Crippen molar-refractivity contribution < 1.29 is 14.4 Å². The molecule has 9 heteroatoms. The summed E-state index contributed by atoms with van der Waals surface area (Å²) in [5.41, 5.74) is 2.11. The number of benzene rings is 3. The molecule has 0 spiro atoms. The van der Waals surface area contributed by atoms with Gasteiger partial charge in [0.25, 0.3) is 0 Å². The summed E-state index contributed by atoms with van der Waals surface area (Å²) in [6.45, 7) is 0. The summed E-state index contributed by atoms with van der Waals surface area (Å²) in [7, 11) is 0. The van der Waals surface area contributed by atoms with E-state index in [2.05, 4.69) is 9.98 Å². The molecule has 0 saturated carbocycles. The number of aliphatic imine (C=N–C) groups is 1. The van der Waals surface area contributed by atoms with Crippen LogP contribution in [0.4, 0.5) is 11.4 Å². The topological polar surface area (TPSA) is 102 Å². The SMILES string of the molecule is O=[N+]([O-])c1cc(Cl)cc(C=Nc2cccc(-c3nc4cc(Cl)ccc4o3)c2)c1O. The fourth-order valence-corrected chi connectivity index (χ4v) is 3.12. The molecule has 0 bridgehead atoms. The van der Waals surface area contributed by atoms with Crippen molar-refractivity contribution in [3.63, 3.8) is 0 Å². The van der Waals surface area contributed by atoms with Gasteiger partial charge in [-0.15, -0.1) is 0 Å². The zero-order valence-corrected chi connectivity index (χ0v) is 16.1. The third-order valence-corrected chi connectivity index (χ3v) is 4.53. The number of nitrogens with zero attached hydrogens (tertiary/aromatic N) is 3. The predicted molar refractivity (Wildman–Crippen MR) is 111 cm³/mol. The standard InChI is InChI=1S/C20H11Cl2N3O4/c21-13-4-5-18-16(8-13)24-20(29-18)11-2-1-3-15(7-11)23-10-12-6-14(22)9-17(19(12)26)25(27)28/h1-10,26H. The number of hydrogen-bond acceptors (Lipinski definition) is 6. The van der Waals surface area contributed by atoms with E-state index in [1.54, 1.807) is 36.4 Å². The van der Waals surface area contributed by atoms with Gasteiger partial charge in [0.1, 0.15) is 5.52 Å². The van der Waals surface area contributed by atoms with Gasteiger partial charge in [-0.1, -0.05) is 29.3 Å². The maximum Gasteiger partial charge on any atom is 0.312 e. The number of nitro benzene ring substituents is 1. The molecule has 0 saturated heterocycles.